The maximum atomic E-state index is 13.3. The fourth-order valence-corrected chi connectivity index (χ4v) is 21.1. The van der Waals surface area contributed by atoms with Crippen molar-refractivity contribution in [2.24, 2.45) is 11.8 Å². The maximum absolute atomic E-state index is 13.3. The van der Waals surface area contributed by atoms with E-state index in [0.717, 1.165) is 332 Å². The zero-order valence-electron chi connectivity index (χ0n) is 81.1. The summed E-state index contributed by atoms with van der Waals surface area (Å²) in [6, 6.07) is 74.5. The highest BCUT2D eigenvalue weighted by atomic mass is 35.5. The monoisotopic (exact) mass is 1960 g/mol. The predicted molar refractivity (Wildman–Crippen MR) is 565 cm³/mol. The van der Waals surface area contributed by atoms with E-state index >= 15 is 0 Å². The molecule has 4 saturated heterocycles. The van der Waals surface area contributed by atoms with Crippen molar-refractivity contribution in [1.82, 2.24) is 47.7 Å². The molecule has 4 aromatic heterocycles. The van der Waals surface area contributed by atoms with E-state index in [1.807, 2.05) is 213 Å². The number of ketones is 4. The highest BCUT2D eigenvalue weighted by Crippen LogP contribution is 2.42. The van der Waals surface area contributed by atoms with Crippen molar-refractivity contribution in [2.75, 3.05) is 133 Å². The fraction of sp³-hybridized carbons (Fsp3) is 0.379. The van der Waals surface area contributed by atoms with E-state index in [1.54, 1.807) is 28.4 Å². The van der Waals surface area contributed by atoms with Gasteiger partial charge >= 0.3 is 0 Å². The first-order valence-electron chi connectivity index (χ1n) is 50.1. The molecule has 2 saturated carbocycles. The molecule has 8 heterocycles. The van der Waals surface area contributed by atoms with Gasteiger partial charge in [-0.25, -0.2) is 0 Å². The van der Waals surface area contributed by atoms with Crippen molar-refractivity contribution in [3.8, 4) is 34.5 Å². The molecule has 0 radical (unpaired) electrons. The van der Waals surface area contributed by atoms with Crippen LogP contribution in [0.1, 0.15) is 154 Å². The van der Waals surface area contributed by atoms with E-state index < -0.39 is 0 Å². The van der Waals surface area contributed by atoms with Crippen LogP contribution >= 0.6 is 46.4 Å². The number of rotatable bonds is 36. The Hall–Kier alpha value is -11.2. The number of hydrogen-bond acceptors (Lipinski definition) is 16. The summed E-state index contributed by atoms with van der Waals surface area (Å²) in [5, 5.41) is 6.97. The number of Topliss-reactive ketones (excluding diaryl/α,β-unsaturated/α-hetero) is 2. The number of halogens is 4. The van der Waals surface area contributed by atoms with Crippen LogP contribution in [0.2, 0.25) is 20.1 Å². The molecule has 0 unspecified atom stereocenters. The number of carbonyl (C=O) groups excluding carboxylic acids is 4. The van der Waals surface area contributed by atoms with Crippen LogP contribution in [0.5, 0.6) is 34.5 Å². The van der Waals surface area contributed by atoms with Crippen LogP contribution in [0.25, 0.3) is 43.6 Å². The molecule has 2 aliphatic carbocycles. The van der Waals surface area contributed by atoms with Gasteiger partial charge in [-0.1, -0.05) is 216 Å². The molecular formula is C116H130Cl4N10O10. The van der Waals surface area contributed by atoms with Gasteiger partial charge in [0.15, 0.2) is 23.1 Å². The first-order chi connectivity index (χ1) is 68.5. The normalized spacial score (nSPS) is 16.2. The standard InChI is InChI=1S/C31H34ClN3O2.C30H31ClN2O3.C28H34ClN3O2.C27H31ClN2O3/c1-37-29-15-7-13-26-27(31(36)24-10-3-2-4-11-24)23-35(30(26)29)19-9-17-33-16-8-18-34(21-20-33)22-25-12-5-6-14-28(25)32;1-35-28-14-7-11-24-25(30(34)22-9-3-2-4-10-22)21-33(29(24)28)18-8-17-32-19-15-23(16-20-32)36-27-13-6-5-12-26(27)31;1-34-26-10-4-8-23-24(28(33)21-11-12-21)20-32(27(23)26)16-6-14-30-13-5-15-31(18-17-30)19-22-7-2-3-9-25(22)29;1-32-25-9-4-6-21-22(27(31)19-10-11-19)18-30(26(21)25)15-5-14-29-16-12-20(13-17-29)33-24-8-3-2-7-23(24)28/h2-7,10-15,23H,8-9,16-22H2,1H3;2-7,9-14,21,23H,8,15-20H2,1H3;2-4,7-10,20-21H,5-6,11-19H2,1H3;2-4,6-9,18-20H,5,10-17H2,1H3. The van der Waals surface area contributed by atoms with Crippen LogP contribution in [-0.4, -0.2) is 216 Å². The molecule has 0 N–H and O–H groups in total. The Labute approximate surface area is 843 Å². The van der Waals surface area contributed by atoms with Crippen LogP contribution in [0.3, 0.4) is 0 Å². The van der Waals surface area contributed by atoms with Crippen molar-refractivity contribution in [3.05, 3.63) is 320 Å². The fourth-order valence-electron chi connectivity index (χ4n) is 20.4. The number of hydrogen-bond donors (Lipinski definition) is 0. The summed E-state index contributed by atoms with van der Waals surface area (Å²) in [6.45, 7) is 22.0. The molecule has 0 bridgehead atoms. The van der Waals surface area contributed by atoms with Gasteiger partial charge in [0.25, 0.3) is 0 Å². The minimum absolute atomic E-state index is 0.0354. The molecule has 10 aromatic carbocycles. The first kappa shape index (κ1) is 100. The second-order valence-electron chi connectivity index (χ2n) is 37.8. The average Bonchev–Trinajstić information content (AvgIpc) is 1.19. The van der Waals surface area contributed by atoms with Crippen molar-refractivity contribution < 1.29 is 47.6 Å². The zero-order chi connectivity index (χ0) is 96.8. The van der Waals surface area contributed by atoms with E-state index in [-0.39, 0.29) is 41.4 Å². The number of carbonyl (C=O) groups is 4. The number of nitrogens with zero attached hydrogens (tertiary/aromatic N) is 10. The second-order valence-corrected chi connectivity index (χ2v) is 39.4. The first-order valence-corrected chi connectivity index (χ1v) is 51.6. The SMILES string of the molecule is COc1cccc2c(C(=O)C3CC3)cn(CCCN3CCC(Oc4ccccc4Cl)CC3)c12.COc1cccc2c(C(=O)C3CC3)cn(CCCN3CCCN(Cc4ccccc4Cl)CC3)c12.COc1cccc2c(C(=O)c3ccccc3)cn(CCCN3CCC(Oc4ccccc4Cl)CC3)c12.COc1cccc2c(C(=O)c3ccccc3)cn(CCCN3CCCN(Cc4ccccc4Cl)CC3)c12. The molecule has 20 nitrogen and oxygen atoms in total. The third kappa shape index (κ3) is 25.4. The lowest BCUT2D eigenvalue weighted by molar-refractivity contribution is 0.0961. The molecule has 14 aromatic rings. The Bertz CT molecular complexity index is 6510. The van der Waals surface area contributed by atoms with Gasteiger partial charge in [0, 0.05) is 193 Å². The Morgan fingerprint density at radius 1 is 0.271 bits per heavy atom. The quantitative estimate of drug-likeness (QED) is 0.0341. The highest BCUT2D eigenvalue weighted by Gasteiger charge is 2.36. The summed E-state index contributed by atoms with van der Waals surface area (Å²) in [4.78, 5) is 67.5. The molecule has 0 spiro atoms. The molecule has 24 heteroatoms. The molecular weight excluding hydrogens is 1840 g/mol. The van der Waals surface area contributed by atoms with E-state index in [0.29, 0.717) is 32.5 Å². The molecule has 732 valence electrons. The summed E-state index contributed by atoms with van der Waals surface area (Å²) >= 11 is 25.3. The number of para-hydroxylation sites is 6. The Balaban J connectivity index is 0.000000129. The minimum Gasteiger partial charge on any atom is -0.495 e. The van der Waals surface area contributed by atoms with Gasteiger partial charge in [0.1, 0.15) is 46.7 Å². The van der Waals surface area contributed by atoms with Gasteiger partial charge in [-0.2, -0.15) is 0 Å². The van der Waals surface area contributed by atoms with Gasteiger partial charge in [0.05, 0.1) is 60.6 Å². The van der Waals surface area contributed by atoms with Crippen molar-refractivity contribution in [1.29, 1.82) is 0 Å². The number of benzene rings is 10. The third-order valence-corrected chi connectivity index (χ3v) is 29.6. The summed E-state index contributed by atoms with van der Waals surface area (Å²) < 4.78 is 43.8. The van der Waals surface area contributed by atoms with Gasteiger partial charge in [-0.3, -0.25) is 29.0 Å². The smallest absolute Gasteiger partial charge is 0.195 e. The van der Waals surface area contributed by atoms with Crippen molar-refractivity contribution >= 4 is 113 Å². The predicted octanol–water partition coefficient (Wildman–Crippen LogP) is 23.9. The topological polar surface area (TPSA) is 163 Å². The van der Waals surface area contributed by atoms with E-state index in [1.165, 1.54) is 17.5 Å². The average molecular weight is 1970 g/mol. The molecule has 0 atom stereocenters. The van der Waals surface area contributed by atoms with Crippen LogP contribution in [0, 0.1) is 11.8 Å². The van der Waals surface area contributed by atoms with Crippen LogP contribution in [0.15, 0.2) is 255 Å². The maximum Gasteiger partial charge on any atom is 0.195 e. The van der Waals surface area contributed by atoms with Crippen LogP contribution < -0.4 is 28.4 Å². The Kier molecular flexibility index (Phi) is 35.1. The number of methoxy groups -OCH3 is 4. The molecule has 6 aliphatic rings. The summed E-state index contributed by atoms with van der Waals surface area (Å²) in [5.41, 5.74) is 11.0. The number of aryl methyl sites for hydroxylation is 4. The number of likely N-dealkylation sites (tertiary alicyclic amines) is 2. The lowest BCUT2D eigenvalue weighted by Gasteiger charge is -2.32. The van der Waals surface area contributed by atoms with Gasteiger partial charge in [-0.05, 0) is 214 Å². The van der Waals surface area contributed by atoms with Crippen LogP contribution in [-0.2, 0) is 39.3 Å². The van der Waals surface area contributed by atoms with E-state index in [4.69, 9.17) is 74.8 Å². The number of piperidine rings is 2. The van der Waals surface area contributed by atoms with Crippen molar-refractivity contribution in [2.45, 2.75) is 141 Å². The van der Waals surface area contributed by atoms with Crippen molar-refractivity contribution in [3.63, 3.8) is 0 Å². The number of ether oxygens (including phenoxy) is 6. The van der Waals surface area contributed by atoms with Crippen LogP contribution in [0.4, 0.5) is 0 Å². The highest BCUT2D eigenvalue weighted by molar-refractivity contribution is 6.33. The summed E-state index contributed by atoms with van der Waals surface area (Å²) in [6.07, 6.45) is 23.0. The van der Waals surface area contributed by atoms with E-state index in [2.05, 4.69) is 90.4 Å². The summed E-state index contributed by atoms with van der Waals surface area (Å²) in [5.74, 6) is 5.91. The van der Waals surface area contributed by atoms with Gasteiger partial charge in [-0.15, -0.1) is 0 Å². The van der Waals surface area contributed by atoms with Gasteiger partial charge in [0.2, 0.25) is 0 Å². The zero-order valence-corrected chi connectivity index (χ0v) is 84.1. The lowest BCUT2D eigenvalue weighted by Crippen LogP contribution is -2.39. The molecule has 4 aliphatic heterocycles. The molecule has 0 amide bonds. The Morgan fingerprint density at radius 3 is 0.857 bits per heavy atom. The Morgan fingerprint density at radius 2 is 0.543 bits per heavy atom. The molecule has 6 fully saturated rings. The minimum atomic E-state index is 0.0354. The molecule has 140 heavy (non-hydrogen) atoms. The van der Waals surface area contributed by atoms with Gasteiger partial charge < -0.3 is 66.3 Å². The molecule has 20 rings (SSSR count). The second kappa shape index (κ2) is 49.0. The third-order valence-electron chi connectivity index (χ3n) is 28.2. The number of aromatic nitrogens is 4. The van der Waals surface area contributed by atoms with E-state index in [9.17, 15) is 19.2 Å². The lowest BCUT2D eigenvalue weighted by atomic mass is 10.0. The summed E-state index contributed by atoms with van der Waals surface area (Å²) in [7, 11) is 6.78. The largest absolute Gasteiger partial charge is 0.495 e. The number of fused-ring (bicyclic) bond motifs is 4.